The Labute approximate surface area is 427 Å². The molecule has 9 N–H and O–H groups in total. The van der Waals surface area contributed by atoms with E-state index >= 15 is 9.59 Å². The van der Waals surface area contributed by atoms with Gasteiger partial charge in [-0.2, -0.15) is 0 Å². The van der Waals surface area contributed by atoms with Crippen LogP contribution in [0.1, 0.15) is 117 Å². The first-order chi connectivity index (χ1) is 33.7. The third kappa shape index (κ3) is 6.78. The van der Waals surface area contributed by atoms with Gasteiger partial charge in [-0.25, -0.2) is 0 Å². The van der Waals surface area contributed by atoms with Crippen LogP contribution in [0.25, 0.3) is 0 Å². The highest BCUT2D eigenvalue weighted by molar-refractivity contribution is 8.76. The summed E-state index contributed by atoms with van der Waals surface area (Å²) in [6.07, 6.45) is 10.0. The smallest absolute Gasteiger partial charge is 0.234 e. The Bertz CT molecular complexity index is 2370. The van der Waals surface area contributed by atoms with E-state index in [4.69, 9.17) is 4.74 Å². The van der Waals surface area contributed by atoms with Crippen LogP contribution in [0.2, 0.25) is 0 Å². The van der Waals surface area contributed by atoms with E-state index in [1.54, 1.807) is 18.2 Å². The number of carbonyl (C=O) groups excluding carboxylic acids is 2. The van der Waals surface area contributed by atoms with Crippen molar-refractivity contribution in [3.63, 3.8) is 0 Å². The average molecular weight is 1020 g/mol. The summed E-state index contributed by atoms with van der Waals surface area (Å²) < 4.78 is 6.52. The quantitative estimate of drug-likeness (QED) is 0.0912. The van der Waals surface area contributed by atoms with Crippen molar-refractivity contribution in [2.75, 3.05) is 44.0 Å². The van der Waals surface area contributed by atoms with Crippen molar-refractivity contribution in [1.82, 2.24) is 5.32 Å². The number of hydrogen-bond acceptors (Lipinski definition) is 14. The molecule has 4 spiro atoms. The fourth-order valence-corrected chi connectivity index (χ4v) is 22.0. The SMILES string of the molecule is CNC[C@H]1CC[C@@]2(C1)CN1C(=O)[C@@]23[C@H](CO)CCC[C@@H]3CSS[C@@H](O)[C@@]23C[C@@H](O)[C@](O)(CO)C[C@]2(C)[C@H]2C[C@@H]4C=CC[C@](O)([C@@H]5O[C@H]5[C@H](C)C(C)C)[C@H]5CC[C@@](O)(C2=CC3=O)[C@@]54CCc2cc(O)cc1c2. The number of fused-ring (bicyclic) bond motifs is 1. The predicted octanol–water partition coefficient (Wildman–Crippen LogP) is 5.68. The van der Waals surface area contributed by atoms with Crippen molar-refractivity contribution in [2.24, 2.45) is 74.4 Å². The second-order valence-electron chi connectivity index (χ2n) is 25.5. The third-order valence-electron chi connectivity index (χ3n) is 22.5. The number of hydrogen-bond donors (Lipinski definition) is 9. The zero-order valence-corrected chi connectivity index (χ0v) is 44.0. The molecule has 1 aromatic carbocycles. The Balaban J connectivity index is 1.11. The number of ether oxygens (including phenoxy) is 1. The van der Waals surface area contributed by atoms with E-state index in [-0.39, 0.29) is 67.3 Å². The molecule has 12 aliphatic rings. The number of carbonyl (C=O) groups is 2. The zero-order chi connectivity index (χ0) is 50.5. The van der Waals surface area contributed by atoms with Gasteiger partial charge >= 0.3 is 0 Å². The number of allylic oxidation sites excluding steroid dienone is 2. The number of rotatable bonds is 7. The highest BCUT2D eigenvalue weighted by atomic mass is 33.1. The number of aliphatic hydroxyl groups excluding tert-OH is 4. The Morgan fingerprint density at radius 1 is 0.986 bits per heavy atom. The lowest BCUT2D eigenvalue weighted by molar-refractivity contribution is -0.235. The molecule has 15 heteroatoms. The standard InChI is InChI=1S/C56H80N2O11S2/c1-31(2)32(3)45-46(69-45)54(67)14-7-10-35-20-40-41-22-43(62)53(24-44(63)51(66,30-60)28-49(40,53)4)48(65)71-70-27-37-9-6-8-36(26-59)56(37)47(64)58(29-50(56)15-11-34(23-50)25-57-5)38-18-33(19-39(61)21-38)12-16-52(35)42(54)13-17-55(41,52)68/h7,10,18-19,21-22,31-32,34-37,40,42,44-46,48,57,59-61,63,65-68H,6,8-9,11-17,20,23-30H2,1-5H3/t32-,34+,35+,36+,37-,40+,42+,44-,45+,46-,48-,49-,50-,51-,52-,53+,54-,55-,56+/m1/s1. The monoisotopic (exact) mass is 1020 g/mol. The van der Waals surface area contributed by atoms with E-state index in [0.29, 0.717) is 73.9 Å². The van der Waals surface area contributed by atoms with Gasteiger partial charge in [0, 0.05) is 47.4 Å². The number of anilines is 1. The van der Waals surface area contributed by atoms with E-state index in [9.17, 15) is 40.9 Å². The van der Waals surface area contributed by atoms with Crippen molar-refractivity contribution >= 4 is 39.0 Å². The predicted molar refractivity (Wildman–Crippen MR) is 273 cm³/mol. The Hall–Kier alpha value is -2.02. The third-order valence-corrected chi connectivity index (χ3v) is 25.1. The number of aryl methyl sites for hydroxylation is 1. The molecule has 13 rings (SSSR count). The Morgan fingerprint density at radius 2 is 1.77 bits per heavy atom. The molecule has 71 heavy (non-hydrogen) atoms. The molecule has 7 aliphatic carbocycles. The van der Waals surface area contributed by atoms with Gasteiger partial charge in [-0.05, 0) is 173 Å². The second-order valence-corrected chi connectivity index (χ2v) is 27.9. The van der Waals surface area contributed by atoms with Gasteiger partial charge in [0.1, 0.15) is 28.5 Å². The number of nitrogens with one attached hydrogen (secondary N) is 1. The molecule has 5 heterocycles. The highest BCUT2D eigenvalue weighted by Crippen LogP contribution is 2.77. The summed E-state index contributed by atoms with van der Waals surface area (Å²) in [7, 11) is 4.56. The van der Waals surface area contributed by atoms with Crippen LogP contribution in [0.3, 0.4) is 0 Å². The lowest BCUT2D eigenvalue weighted by atomic mass is 9.38. The van der Waals surface area contributed by atoms with E-state index in [1.807, 2.05) is 31.0 Å². The molecule has 392 valence electrons. The maximum Gasteiger partial charge on any atom is 0.234 e. The van der Waals surface area contributed by atoms with Crippen LogP contribution < -0.4 is 10.2 Å². The molecule has 1 aromatic rings. The molecule has 0 radical (unpaired) electrons. The number of phenols is 1. The molecule has 0 aromatic heterocycles. The number of nitrogens with zero attached hydrogens (tertiary/aromatic N) is 1. The Morgan fingerprint density at radius 3 is 2.51 bits per heavy atom. The zero-order valence-electron chi connectivity index (χ0n) is 42.4. The van der Waals surface area contributed by atoms with Gasteiger partial charge in [-0.1, -0.05) is 67.9 Å². The molecular weight excluding hydrogens is 941 g/mol. The van der Waals surface area contributed by atoms with Gasteiger partial charge in [0.25, 0.3) is 0 Å². The van der Waals surface area contributed by atoms with E-state index in [2.05, 4.69) is 32.2 Å². The lowest BCUT2D eigenvalue weighted by Gasteiger charge is -2.68. The number of benzene rings is 1. The first-order valence-corrected chi connectivity index (χ1v) is 29.5. The minimum atomic E-state index is -2.00. The summed E-state index contributed by atoms with van der Waals surface area (Å²) in [4.78, 5) is 33.7. The molecule has 8 bridgehead atoms. The summed E-state index contributed by atoms with van der Waals surface area (Å²) in [5, 5.41) is 102. The number of phenolic OH excluding ortho intramolecular Hbond substituents is 1. The van der Waals surface area contributed by atoms with Crippen molar-refractivity contribution < 1.29 is 55.2 Å². The maximum atomic E-state index is 16.1. The van der Waals surface area contributed by atoms with Crippen LogP contribution in [-0.2, 0) is 20.7 Å². The van der Waals surface area contributed by atoms with Gasteiger partial charge in [0.2, 0.25) is 5.91 Å². The molecule has 1 amide bonds. The fraction of sp³-hybridized carbons (Fsp3) is 0.786. The highest BCUT2D eigenvalue weighted by Gasteiger charge is 2.79. The molecule has 5 aliphatic heterocycles. The molecule has 5 saturated carbocycles. The molecule has 7 fully saturated rings. The van der Waals surface area contributed by atoms with Gasteiger partial charge in [-0.15, -0.1) is 0 Å². The second kappa shape index (κ2) is 17.5. The summed E-state index contributed by atoms with van der Waals surface area (Å²) >= 11 is 0. The maximum absolute atomic E-state index is 16.1. The molecule has 19 atom stereocenters. The van der Waals surface area contributed by atoms with Crippen LogP contribution >= 0.6 is 21.6 Å². The molecular formula is C56H80N2O11S2. The van der Waals surface area contributed by atoms with Crippen LogP contribution in [0, 0.1) is 74.4 Å². The van der Waals surface area contributed by atoms with Crippen LogP contribution in [0.5, 0.6) is 5.75 Å². The minimum absolute atomic E-state index is 0.0276. The van der Waals surface area contributed by atoms with Crippen LogP contribution in [-0.4, -0.2) is 132 Å². The summed E-state index contributed by atoms with van der Waals surface area (Å²) in [5.41, 5.74) is -9.89. The number of aromatic hydroxyl groups is 1. The van der Waals surface area contributed by atoms with Gasteiger partial charge < -0.3 is 55.8 Å². The van der Waals surface area contributed by atoms with Crippen molar-refractivity contribution in [3.8, 4) is 5.75 Å². The van der Waals surface area contributed by atoms with Crippen molar-refractivity contribution in [2.45, 2.75) is 158 Å². The molecule has 0 unspecified atom stereocenters. The minimum Gasteiger partial charge on any atom is -0.508 e. The first-order valence-electron chi connectivity index (χ1n) is 27.1. The van der Waals surface area contributed by atoms with Gasteiger partial charge in [0.05, 0.1) is 35.2 Å². The van der Waals surface area contributed by atoms with Crippen molar-refractivity contribution in [1.29, 1.82) is 0 Å². The fourth-order valence-electron chi connectivity index (χ4n) is 18.9. The van der Waals surface area contributed by atoms with Crippen LogP contribution in [0.4, 0.5) is 5.69 Å². The van der Waals surface area contributed by atoms with Crippen molar-refractivity contribution in [3.05, 3.63) is 47.6 Å². The van der Waals surface area contributed by atoms with Gasteiger partial charge in [0.15, 0.2) is 5.78 Å². The number of aliphatic hydroxyl groups is 7. The van der Waals surface area contributed by atoms with Crippen LogP contribution in [0.15, 0.2) is 42.0 Å². The van der Waals surface area contributed by atoms with E-state index < -0.39 is 85.7 Å². The molecule has 13 nitrogen and oxygen atoms in total. The summed E-state index contributed by atoms with van der Waals surface area (Å²) in [6, 6.07) is 5.47. The lowest BCUT2D eigenvalue weighted by Crippen LogP contribution is -2.72. The first kappa shape index (κ1) is 51.1. The summed E-state index contributed by atoms with van der Waals surface area (Å²) in [6.45, 7) is 8.74. The number of epoxide rings is 1. The number of amides is 1. The topological polar surface area (TPSA) is 224 Å². The largest absolute Gasteiger partial charge is 0.508 e. The van der Waals surface area contributed by atoms with Gasteiger partial charge in [-0.3, -0.25) is 9.59 Å². The summed E-state index contributed by atoms with van der Waals surface area (Å²) in [5.74, 6) is -1.10. The average Bonchev–Trinajstić information content (AvgIpc) is 3.90. The number of ketones is 1. The molecule has 2 saturated heterocycles. The normalized spacial score (nSPS) is 49.5. The Kier molecular flexibility index (Phi) is 12.6. The van der Waals surface area contributed by atoms with E-state index in [1.165, 1.54) is 21.6 Å². The van der Waals surface area contributed by atoms with E-state index in [0.717, 1.165) is 44.2 Å².